The Morgan fingerprint density at radius 3 is 2.47 bits per heavy atom. The van der Waals surface area contributed by atoms with Crippen LogP contribution in [0.15, 0.2) is 67.0 Å². The first-order valence-electron chi connectivity index (χ1n) is 14.9. The van der Waals surface area contributed by atoms with Gasteiger partial charge < -0.3 is 14.0 Å². The molecule has 7 nitrogen and oxygen atoms in total. The highest BCUT2D eigenvalue weighted by Crippen LogP contribution is 2.45. The number of pyridine rings is 2. The smallest absolute Gasteiger partial charge is 0.339 e. The Kier molecular flexibility index (Phi) is 8.24. The van der Waals surface area contributed by atoms with E-state index in [0.29, 0.717) is 5.02 Å². The number of rotatable bonds is 7. The fourth-order valence-corrected chi connectivity index (χ4v) is 6.83. The molecule has 0 spiro atoms. The van der Waals surface area contributed by atoms with Crippen LogP contribution in [-0.4, -0.2) is 37.7 Å². The van der Waals surface area contributed by atoms with E-state index in [2.05, 4.69) is 34.7 Å². The number of fused-ring (bicyclic) bond motifs is 2. The topological polar surface area (TPSA) is 79.1 Å². The normalized spacial score (nSPS) is 12.6. The van der Waals surface area contributed by atoms with Gasteiger partial charge in [0.05, 0.1) is 28.1 Å². The van der Waals surface area contributed by atoms with Gasteiger partial charge in [-0.15, -0.1) is 11.3 Å². The van der Waals surface area contributed by atoms with Gasteiger partial charge in [0, 0.05) is 57.8 Å². The minimum atomic E-state index is -0.929. The molecular formula is C36H35ClN4O3S. The monoisotopic (exact) mass is 638 g/mol. The zero-order valence-corrected chi connectivity index (χ0v) is 28.0. The second-order valence-corrected chi connectivity index (χ2v) is 13.6. The van der Waals surface area contributed by atoms with Crippen LogP contribution in [0, 0.1) is 13.8 Å². The number of carbonyl (C=O) groups excluding carboxylic acids is 1. The van der Waals surface area contributed by atoms with Crippen LogP contribution in [-0.2, 0) is 21.3 Å². The highest BCUT2D eigenvalue weighted by atomic mass is 35.5. The maximum atomic E-state index is 13.5. The van der Waals surface area contributed by atoms with Crippen molar-refractivity contribution in [3.63, 3.8) is 0 Å². The lowest BCUT2D eigenvalue weighted by Gasteiger charge is -2.29. The Bertz CT molecular complexity index is 2060. The number of aryl methyl sites for hydroxylation is 3. The average Bonchev–Trinajstić information content (AvgIpc) is 3.55. The molecule has 0 N–H and O–H groups in total. The molecular weight excluding hydrogens is 604 g/mol. The zero-order valence-electron chi connectivity index (χ0n) is 26.4. The number of aromatic nitrogens is 4. The van der Waals surface area contributed by atoms with Crippen molar-refractivity contribution in [1.29, 1.82) is 0 Å². The lowest BCUT2D eigenvalue weighted by molar-refractivity contribution is -0.166. The van der Waals surface area contributed by atoms with Gasteiger partial charge >= 0.3 is 5.97 Å². The summed E-state index contributed by atoms with van der Waals surface area (Å²) in [5, 5.41) is 2.54. The molecule has 0 saturated heterocycles. The second kappa shape index (κ2) is 12.0. The molecule has 0 bridgehead atoms. The minimum Gasteiger partial charge on any atom is -0.464 e. The van der Waals surface area contributed by atoms with Crippen molar-refractivity contribution in [2.45, 2.75) is 53.2 Å². The fourth-order valence-electron chi connectivity index (χ4n) is 5.58. The van der Waals surface area contributed by atoms with Gasteiger partial charge in [0.25, 0.3) is 0 Å². The van der Waals surface area contributed by atoms with E-state index >= 15 is 0 Å². The summed E-state index contributed by atoms with van der Waals surface area (Å²) in [4.78, 5) is 27.9. The van der Waals surface area contributed by atoms with E-state index in [9.17, 15) is 4.79 Å². The van der Waals surface area contributed by atoms with Gasteiger partial charge in [-0.3, -0.25) is 4.98 Å². The predicted molar refractivity (Wildman–Crippen MR) is 183 cm³/mol. The zero-order chi connectivity index (χ0) is 32.0. The van der Waals surface area contributed by atoms with Crippen LogP contribution >= 0.6 is 22.9 Å². The molecule has 6 rings (SSSR count). The van der Waals surface area contributed by atoms with Gasteiger partial charge in [0.2, 0.25) is 0 Å². The van der Waals surface area contributed by atoms with Crippen LogP contribution in [0.1, 0.15) is 50.6 Å². The second-order valence-electron chi connectivity index (χ2n) is 12.1. The molecule has 0 fully saturated rings. The Morgan fingerprint density at radius 2 is 1.76 bits per heavy atom. The van der Waals surface area contributed by atoms with Crippen LogP contribution in [0.25, 0.3) is 54.2 Å². The van der Waals surface area contributed by atoms with Gasteiger partial charge in [-0.2, -0.15) is 0 Å². The van der Waals surface area contributed by atoms with Crippen molar-refractivity contribution in [2.24, 2.45) is 7.05 Å². The molecule has 45 heavy (non-hydrogen) atoms. The van der Waals surface area contributed by atoms with Crippen LogP contribution in [0.4, 0.5) is 0 Å². The van der Waals surface area contributed by atoms with Crippen molar-refractivity contribution in [2.75, 3.05) is 6.61 Å². The van der Waals surface area contributed by atoms with Gasteiger partial charge in [0.15, 0.2) is 6.10 Å². The number of nitrogens with zero attached hydrogens (tertiary/aromatic N) is 4. The largest absolute Gasteiger partial charge is 0.464 e. The van der Waals surface area contributed by atoms with E-state index in [0.717, 1.165) is 71.0 Å². The third-order valence-corrected chi connectivity index (χ3v) is 9.09. The summed E-state index contributed by atoms with van der Waals surface area (Å²) in [6, 6.07) is 18.0. The summed E-state index contributed by atoms with van der Waals surface area (Å²) in [5.41, 5.74) is 8.48. The average molecular weight is 639 g/mol. The molecule has 4 aromatic heterocycles. The lowest BCUT2D eigenvalue weighted by Crippen LogP contribution is -2.29. The van der Waals surface area contributed by atoms with E-state index in [1.807, 2.05) is 83.5 Å². The number of ether oxygens (including phenoxy) is 2. The first-order valence-corrected chi connectivity index (χ1v) is 16.1. The molecule has 0 saturated carbocycles. The van der Waals surface area contributed by atoms with Gasteiger partial charge in [-0.1, -0.05) is 23.7 Å². The molecule has 0 radical (unpaired) electrons. The third kappa shape index (κ3) is 6.10. The molecule has 0 amide bonds. The van der Waals surface area contributed by atoms with Crippen LogP contribution in [0.2, 0.25) is 5.02 Å². The van der Waals surface area contributed by atoms with E-state index in [1.165, 1.54) is 0 Å². The molecule has 0 aliphatic heterocycles. The summed E-state index contributed by atoms with van der Waals surface area (Å²) < 4.78 is 15.0. The van der Waals surface area contributed by atoms with Crippen molar-refractivity contribution >= 4 is 50.2 Å². The van der Waals surface area contributed by atoms with Crippen molar-refractivity contribution in [3.05, 3.63) is 88.8 Å². The number of hydrogen-bond acceptors (Lipinski definition) is 7. The number of esters is 1. The van der Waals surface area contributed by atoms with Crippen molar-refractivity contribution in [1.82, 2.24) is 19.5 Å². The number of benzene rings is 2. The van der Waals surface area contributed by atoms with Gasteiger partial charge in [-0.05, 0) is 95.1 Å². The Morgan fingerprint density at radius 1 is 1.00 bits per heavy atom. The molecule has 1 atom stereocenters. The highest BCUT2D eigenvalue weighted by molar-refractivity contribution is 7.22. The van der Waals surface area contributed by atoms with Crippen LogP contribution in [0.5, 0.6) is 0 Å². The molecule has 0 aliphatic rings. The molecule has 6 aromatic rings. The van der Waals surface area contributed by atoms with Gasteiger partial charge in [-0.25, -0.2) is 14.8 Å². The highest BCUT2D eigenvalue weighted by Gasteiger charge is 2.33. The quantitative estimate of drug-likeness (QED) is 0.162. The Balaban J connectivity index is 1.53. The van der Waals surface area contributed by atoms with Gasteiger partial charge in [0.1, 0.15) is 10.7 Å². The Hall–Kier alpha value is -4.11. The number of halogens is 1. The standard InChI is InChI=1S/C36H35ClN4O3S/c1-8-43-35(42)31(44-36(4,5)6)29-20(2)15-28-32(30(29)22-9-11-26(37)12-10-22)45-34(40-28)23-13-14-38-27(18-23)25-17-24-16-21(3)41(7)33(24)39-19-25/h9-19,31H,8H2,1-7H3. The van der Waals surface area contributed by atoms with Crippen molar-refractivity contribution in [3.8, 4) is 33.0 Å². The maximum Gasteiger partial charge on any atom is 0.339 e. The van der Waals surface area contributed by atoms with E-state index in [4.69, 9.17) is 31.0 Å². The number of thiazole rings is 1. The lowest BCUT2D eigenvalue weighted by atomic mass is 9.91. The van der Waals surface area contributed by atoms with E-state index < -0.39 is 17.7 Å². The van der Waals surface area contributed by atoms with Crippen LogP contribution in [0.3, 0.4) is 0 Å². The maximum absolute atomic E-state index is 13.5. The minimum absolute atomic E-state index is 0.252. The molecule has 0 aliphatic carbocycles. The fraction of sp³-hybridized carbons (Fsp3) is 0.278. The summed E-state index contributed by atoms with van der Waals surface area (Å²) in [6.45, 7) is 11.9. The summed E-state index contributed by atoms with van der Waals surface area (Å²) in [5.74, 6) is -0.423. The number of hydrogen-bond donors (Lipinski definition) is 0. The summed E-state index contributed by atoms with van der Waals surface area (Å²) >= 11 is 7.87. The molecule has 230 valence electrons. The molecule has 9 heteroatoms. The number of carbonyl (C=O) groups is 1. The summed E-state index contributed by atoms with van der Waals surface area (Å²) in [7, 11) is 2.02. The first kappa shape index (κ1) is 30.9. The summed E-state index contributed by atoms with van der Waals surface area (Å²) in [6.07, 6.45) is 2.75. The van der Waals surface area contributed by atoms with E-state index in [-0.39, 0.29) is 6.61 Å². The first-order chi connectivity index (χ1) is 21.4. The SMILES string of the molecule is CCOC(=O)C(OC(C)(C)C)c1c(C)cc2nc(-c3ccnc(-c4cnc5c(c4)cc(C)n5C)c3)sc2c1-c1ccc(Cl)cc1. The predicted octanol–water partition coefficient (Wildman–Crippen LogP) is 9.27. The van der Waals surface area contributed by atoms with E-state index in [1.54, 1.807) is 18.3 Å². The Labute approximate surface area is 271 Å². The van der Waals surface area contributed by atoms with Crippen molar-refractivity contribution < 1.29 is 14.3 Å². The van der Waals surface area contributed by atoms with Crippen LogP contribution < -0.4 is 0 Å². The molecule has 1 unspecified atom stereocenters. The third-order valence-electron chi connectivity index (χ3n) is 7.70. The molecule has 2 aromatic carbocycles. The molecule has 4 heterocycles.